The van der Waals surface area contributed by atoms with Gasteiger partial charge in [-0.25, -0.2) is 0 Å². The monoisotopic (exact) mass is 332 g/mol. The van der Waals surface area contributed by atoms with Crippen molar-refractivity contribution in [3.63, 3.8) is 0 Å². The number of hydrogen-bond acceptors (Lipinski definition) is 2. The number of fused-ring (bicyclic) bond motifs is 1. The molecule has 0 saturated heterocycles. The maximum atomic E-state index is 10.8. The highest BCUT2D eigenvalue weighted by Crippen LogP contribution is 2.39. The summed E-state index contributed by atoms with van der Waals surface area (Å²) in [7, 11) is 0. The second-order valence-corrected chi connectivity index (χ2v) is 6.19. The molecule has 0 aliphatic carbocycles. The molecule has 3 rings (SSSR count). The van der Waals surface area contributed by atoms with Gasteiger partial charge in [0.05, 0.1) is 6.61 Å². The fourth-order valence-corrected chi connectivity index (χ4v) is 3.26. The molecule has 0 radical (unpaired) electrons. The third-order valence-electron chi connectivity index (χ3n) is 4.01. The molecular weight excluding hydrogens is 316 g/mol. The van der Waals surface area contributed by atoms with E-state index in [0.717, 1.165) is 33.3 Å². The molecule has 2 nitrogen and oxygen atoms in total. The quantitative estimate of drug-likeness (QED) is 0.897. The van der Waals surface area contributed by atoms with Crippen molar-refractivity contribution < 1.29 is 9.84 Å². The zero-order chi connectivity index (χ0) is 14.3. The molecule has 0 saturated carbocycles. The third kappa shape index (κ3) is 2.25. The van der Waals surface area contributed by atoms with Gasteiger partial charge in [-0.3, -0.25) is 0 Å². The number of ether oxygens (including phenoxy) is 1. The van der Waals surface area contributed by atoms with Crippen LogP contribution in [-0.2, 0) is 6.42 Å². The number of aliphatic hydroxyl groups excluding tert-OH is 1. The van der Waals surface area contributed by atoms with Crippen LogP contribution in [0.1, 0.15) is 33.9 Å². The van der Waals surface area contributed by atoms with E-state index in [-0.39, 0.29) is 0 Å². The number of aryl methyl sites for hydroxylation is 1. The van der Waals surface area contributed by atoms with Crippen LogP contribution < -0.4 is 4.74 Å². The SMILES string of the molecule is Cc1cccc(C(O)c2cc(Br)cc3c2OCC3)c1C. The lowest BCUT2D eigenvalue weighted by molar-refractivity contribution is 0.213. The fraction of sp³-hybridized carbons (Fsp3) is 0.294. The minimum Gasteiger partial charge on any atom is -0.493 e. The van der Waals surface area contributed by atoms with Crippen molar-refractivity contribution in [1.82, 2.24) is 0 Å². The standard InChI is InChI=1S/C17H17BrO2/c1-10-4-3-5-14(11(10)2)16(19)15-9-13(18)8-12-6-7-20-17(12)15/h3-5,8-9,16,19H,6-7H2,1-2H3. The van der Waals surface area contributed by atoms with Gasteiger partial charge in [0, 0.05) is 16.5 Å². The molecule has 1 unspecified atom stereocenters. The minimum atomic E-state index is -0.653. The lowest BCUT2D eigenvalue weighted by Crippen LogP contribution is -2.05. The smallest absolute Gasteiger partial charge is 0.128 e. The van der Waals surface area contributed by atoms with Crippen LogP contribution in [0.5, 0.6) is 5.75 Å². The van der Waals surface area contributed by atoms with Crippen LogP contribution in [0.25, 0.3) is 0 Å². The van der Waals surface area contributed by atoms with Gasteiger partial charge < -0.3 is 9.84 Å². The molecule has 20 heavy (non-hydrogen) atoms. The Morgan fingerprint density at radius 3 is 2.80 bits per heavy atom. The van der Waals surface area contributed by atoms with Crippen LogP contribution in [0.2, 0.25) is 0 Å². The first kappa shape index (κ1) is 13.7. The Kier molecular flexibility index (Phi) is 3.57. The number of hydrogen-bond donors (Lipinski definition) is 1. The van der Waals surface area contributed by atoms with E-state index in [1.165, 1.54) is 11.1 Å². The highest BCUT2D eigenvalue weighted by atomic mass is 79.9. The third-order valence-corrected chi connectivity index (χ3v) is 4.47. The van der Waals surface area contributed by atoms with Gasteiger partial charge in [-0.1, -0.05) is 34.1 Å². The highest BCUT2D eigenvalue weighted by Gasteiger charge is 2.24. The lowest BCUT2D eigenvalue weighted by Gasteiger charge is -2.18. The Hall–Kier alpha value is -1.32. The van der Waals surface area contributed by atoms with Gasteiger partial charge in [0.1, 0.15) is 11.9 Å². The summed E-state index contributed by atoms with van der Waals surface area (Å²) in [5.74, 6) is 0.849. The predicted molar refractivity (Wildman–Crippen MR) is 83.3 cm³/mol. The molecule has 1 aliphatic heterocycles. The van der Waals surface area contributed by atoms with Crippen LogP contribution in [0.15, 0.2) is 34.8 Å². The number of benzene rings is 2. The van der Waals surface area contributed by atoms with E-state index in [1.807, 2.05) is 25.1 Å². The van der Waals surface area contributed by atoms with E-state index < -0.39 is 6.10 Å². The van der Waals surface area contributed by atoms with E-state index in [2.05, 4.69) is 35.0 Å². The molecule has 1 aliphatic rings. The molecule has 1 atom stereocenters. The molecule has 1 heterocycles. The first-order valence-corrected chi connectivity index (χ1v) is 7.56. The van der Waals surface area contributed by atoms with Gasteiger partial charge in [0.15, 0.2) is 0 Å². The van der Waals surface area contributed by atoms with Crippen LogP contribution in [0.3, 0.4) is 0 Å². The molecule has 0 bridgehead atoms. The Bertz CT molecular complexity index is 664. The number of rotatable bonds is 2. The van der Waals surface area contributed by atoms with Gasteiger partial charge in [0.25, 0.3) is 0 Å². The molecule has 0 aromatic heterocycles. The summed E-state index contributed by atoms with van der Waals surface area (Å²) in [6.07, 6.45) is 0.251. The van der Waals surface area contributed by atoms with Crippen LogP contribution in [0.4, 0.5) is 0 Å². The van der Waals surface area contributed by atoms with E-state index >= 15 is 0 Å². The molecule has 0 spiro atoms. The van der Waals surface area contributed by atoms with E-state index in [4.69, 9.17) is 4.74 Å². The summed E-state index contributed by atoms with van der Waals surface area (Å²) in [6.45, 7) is 4.80. The van der Waals surface area contributed by atoms with E-state index in [0.29, 0.717) is 6.61 Å². The van der Waals surface area contributed by atoms with Gasteiger partial charge in [-0.05, 0) is 48.2 Å². The Morgan fingerprint density at radius 2 is 2.00 bits per heavy atom. The van der Waals surface area contributed by atoms with Crippen molar-refractivity contribution in [3.8, 4) is 5.75 Å². The topological polar surface area (TPSA) is 29.5 Å². The molecule has 0 fully saturated rings. The van der Waals surface area contributed by atoms with Crippen molar-refractivity contribution in [2.45, 2.75) is 26.4 Å². The van der Waals surface area contributed by atoms with Gasteiger partial charge in [0.2, 0.25) is 0 Å². The van der Waals surface area contributed by atoms with E-state index in [1.54, 1.807) is 0 Å². The summed E-state index contributed by atoms with van der Waals surface area (Å²) in [5, 5.41) is 10.8. The average Bonchev–Trinajstić information content (AvgIpc) is 2.88. The van der Waals surface area contributed by atoms with Crippen LogP contribution in [-0.4, -0.2) is 11.7 Å². The van der Waals surface area contributed by atoms with Crippen molar-refractivity contribution in [2.24, 2.45) is 0 Å². The molecule has 2 aromatic rings. The van der Waals surface area contributed by atoms with Crippen molar-refractivity contribution in [3.05, 3.63) is 62.6 Å². The van der Waals surface area contributed by atoms with E-state index in [9.17, 15) is 5.11 Å². The van der Waals surface area contributed by atoms with Crippen molar-refractivity contribution >= 4 is 15.9 Å². The maximum Gasteiger partial charge on any atom is 0.128 e. The first-order chi connectivity index (χ1) is 9.58. The Morgan fingerprint density at radius 1 is 1.20 bits per heavy atom. The summed E-state index contributed by atoms with van der Waals surface area (Å²) in [6, 6.07) is 10.1. The zero-order valence-corrected chi connectivity index (χ0v) is 13.2. The fourth-order valence-electron chi connectivity index (χ4n) is 2.74. The van der Waals surface area contributed by atoms with Gasteiger partial charge in [-0.2, -0.15) is 0 Å². The molecule has 0 amide bonds. The molecule has 2 aromatic carbocycles. The van der Waals surface area contributed by atoms with Gasteiger partial charge >= 0.3 is 0 Å². The Balaban J connectivity index is 2.11. The summed E-state index contributed by atoms with van der Waals surface area (Å²) in [5.41, 5.74) is 5.28. The molecule has 1 N–H and O–H groups in total. The average molecular weight is 333 g/mol. The number of aliphatic hydroxyl groups is 1. The second kappa shape index (κ2) is 5.23. The first-order valence-electron chi connectivity index (χ1n) is 6.77. The second-order valence-electron chi connectivity index (χ2n) is 5.27. The minimum absolute atomic E-state index is 0.653. The van der Waals surface area contributed by atoms with Crippen molar-refractivity contribution in [2.75, 3.05) is 6.61 Å². The van der Waals surface area contributed by atoms with Crippen molar-refractivity contribution in [1.29, 1.82) is 0 Å². The lowest BCUT2D eigenvalue weighted by atomic mass is 9.93. The van der Waals surface area contributed by atoms with Gasteiger partial charge in [-0.15, -0.1) is 0 Å². The van der Waals surface area contributed by atoms with Crippen LogP contribution in [0, 0.1) is 13.8 Å². The highest BCUT2D eigenvalue weighted by molar-refractivity contribution is 9.10. The summed E-state index contributed by atoms with van der Waals surface area (Å²) < 4.78 is 6.70. The van der Waals surface area contributed by atoms with Crippen LogP contribution >= 0.6 is 15.9 Å². The normalized spacial score (nSPS) is 14.8. The number of halogens is 1. The zero-order valence-electron chi connectivity index (χ0n) is 11.6. The summed E-state index contributed by atoms with van der Waals surface area (Å²) in [4.78, 5) is 0. The molecular formula is C17H17BrO2. The molecule has 3 heteroatoms. The summed E-state index contributed by atoms with van der Waals surface area (Å²) >= 11 is 3.52. The Labute approximate surface area is 127 Å². The maximum absolute atomic E-state index is 10.8. The largest absolute Gasteiger partial charge is 0.493 e. The molecule has 104 valence electrons. The predicted octanol–water partition coefficient (Wildman–Crippen LogP) is 4.08.